The van der Waals surface area contributed by atoms with Crippen LogP contribution in [0.5, 0.6) is 5.75 Å². The third kappa shape index (κ3) is 6.58. The van der Waals surface area contributed by atoms with Crippen LogP contribution in [0.1, 0.15) is 25.8 Å². The predicted octanol–water partition coefficient (Wildman–Crippen LogP) is 2.70. The van der Waals surface area contributed by atoms with Gasteiger partial charge < -0.3 is 15.2 Å². The summed E-state index contributed by atoms with van der Waals surface area (Å²) in [6, 6.07) is 3.04. The van der Waals surface area contributed by atoms with Crippen LogP contribution < -0.4 is 10.1 Å². The van der Waals surface area contributed by atoms with E-state index in [1.54, 1.807) is 13.8 Å². The van der Waals surface area contributed by atoms with E-state index in [1.165, 1.54) is 6.07 Å². The zero-order chi connectivity index (χ0) is 17.6. The van der Waals surface area contributed by atoms with Crippen molar-refractivity contribution in [2.75, 3.05) is 6.61 Å². The SMILES string of the molecule is CC(C)CC(NC(=O)COc1cccc(C(F)(F)F)c1)C(=O)O. The molecule has 1 aromatic carbocycles. The molecule has 1 rings (SSSR count). The molecule has 0 aromatic heterocycles. The number of amides is 1. The molecule has 128 valence electrons. The first-order valence-corrected chi connectivity index (χ1v) is 6.92. The number of nitrogens with one attached hydrogen (secondary N) is 1. The number of carboxylic acid groups (broad SMARTS) is 1. The Hall–Kier alpha value is -2.25. The second-order valence-electron chi connectivity index (χ2n) is 5.40. The quantitative estimate of drug-likeness (QED) is 0.804. The fourth-order valence-electron chi connectivity index (χ4n) is 1.84. The normalized spacial score (nSPS) is 12.8. The molecule has 0 spiro atoms. The Morgan fingerprint density at radius 1 is 1.30 bits per heavy atom. The monoisotopic (exact) mass is 333 g/mol. The highest BCUT2D eigenvalue weighted by Gasteiger charge is 2.30. The van der Waals surface area contributed by atoms with Crippen molar-refractivity contribution in [3.05, 3.63) is 29.8 Å². The van der Waals surface area contributed by atoms with Gasteiger partial charge in [0.1, 0.15) is 11.8 Å². The summed E-state index contributed by atoms with van der Waals surface area (Å²) in [7, 11) is 0. The van der Waals surface area contributed by atoms with Crippen LogP contribution in [-0.2, 0) is 15.8 Å². The van der Waals surface area contributed by atoms with Gasteiger partial charge in [-0.15, -0.1) is 0 Å². The van der Waals surface area contributed by atoms with Crippen LogP contribution in [0, 0.1) is 5.92 Å². The van der Waals surface area contributed by atoms with Crippen LogP contribution in [0.2, 0.25) is 0 Å². The summed E-state index contributed by atoms with van der Waals surface area (Å²) < 4.78 is 42.6. The largest absolute Gasteiger partial charge is 0.484 e. The molecule has 1 amide bonds. The van der Waals surface area contributed by atoms with Gasteiger partial charge in [-0.1, -0.05) is 19.9 Å². The predicted molar refractivity (Wildman–Crippen MR) is 76.0 cm³/mol. The number of carbonyl (C=O) groups excluding carboxylic acids is 1. The fourth-order valence-corrected chi connectivity index (χ4v) is 1.84. The maximum absolute atomic E-state index is 12.5. The summed E-state index contributed by atoms with van der Waals surface area (Å²) in [6.07, 6.45) is -4.27. The first kappa shape index (κ1) is 18.8. The minimum atomic E-state index is -4.51. The molecule has 1 aromatic rings. The fraction of sp³-hybridized carbons (Fsp3) is 0.467. The van der Waals surface area contributed by atoms with Gasteiger partial charge in [-0.05, 0) is 30.5 Å². The second kappa shape index (κ2) is 7.85. The van der Waals surface area contributed by atoms with E-state index < -0.39 is 36.3 Å². The van der Waals surface area contributed by atoms with Gasteiger partial charge in [0.05, 0.1) is 5.56 Å². The van der Waals surface area contributed by atoms with Gasteiger partial charge in [-0.25, -0.2) is 4.79 Å². The Morgan fingerprint density at radius 2 is 1.96 bits per heavy atom. The molecule has 23 heavy (non-hydrogen) atoms. The molecule has 8 heteroatoms. The molecule has 0 radical (unpaired) electrons. The van der Waals surface area contributed by atoms with Crippen molar-refractivity contribution in [3.63, 3.8) is 0 Å². The molecule has 0 fully saturated rings. The number of hydrogen-bond donors (Lipinski definition) is 2. The van der Waals surface area contributed by atoms with Gasteiger partial charge in [0.2, 0.25) is 0 Å². The van der Waals surface area contributed by atoms with Crippen LogP contribution in [-0.4, -0.2) is 29.6 Å². The van der Waals surface area contributed by atoms with Crippen LogP contribution in [0.25, 0.3) is 0 Å². The molecule has 5 nitrogen and oxygen atoms in total. The summed E-state index contributed by atoms with van der Waals surface area (Å²) >= 11 is 0. The Morgan fingerprint density at radius 3 is 2.48 bits per heavy atom. The number of benzene rings is 1. The van der Waals surface area contributed by atoms with Crippen molar-refractivity contribution in [2.45, 2.75) is 32.5 Å². The zero-order valence-electron chi connectivity index (χ0n) is 12.7. The van der Waals surface area contributed by atoms with E-state index in [-0.39, 0.29) is 18.1 Å². The molecule has 0 saturated heterocycles. The molecule has 0 saturated carbocycles. The van der Waals surface area contributed by atoms with Crippen molar-refractivity contribution >= 4 is 11.9 Å². The van der Waals surface area contributed by atoms with Crippen LogP contribution >= 0.6 is 0 Å². The van der Waals surface area contributed by atoms with E-state index in [0.29, 0.717) is 0 Å². The number of alkyl halides is 3. The maximum Gasteiger partial charge on any atom is 0.416 e. The highest BCUT2D eigenvalue weighted by molar-refractivity contribution is 5.84. The smallest absolute Gasteiger partial charge is 0.416 e. The number of ether oxygens (including phenoxy) is 1. The van der Waals surface area contributed by atoms with E-state index in [9.17, 15) is 22.8 Å². The molecule has 0 heterocycles. The first-order chi connectivity index (χ1) is 10.6. The topological polar surface area (TPSA) is 75.6 Å². The molecule has 0 aliphatic heterocycles. The standard InChI is InChI=1S/C15H18F3NO4/c1-9(2)6-12(14(21)22)19-13(20)8-23-11-5-3-4-10(7-11)15(16,17)18/h3-5,7,9,12H,6,8H2,1-2H3,(H,19,20)(H,21,22). The van der Waals surface area contributed by atoms with Gasteiger partial charge in [0, 0.05) is 0 Å². The molecule has 0 aliphatic rings. The number of carbonyl (C=O) groups is 2. The summed E-state index contributed by atoms with van der Waals surface area (Å²) in [4.78, 5) is 22.7. The van der Waals surface area contributed by atoms with Gasteiger partial charge in [-0.3, -0.25) is 4.79 Å². The average Bonchev–Trinajstić information content (AvgIpc) is 2.43. The first-order valence-electron chi connectivity index (χ1n) is 6.92. The lowest BCUT2D eigenvalue weighted by Crippen LogP contribution is -2.43. The number of carboxylic acids is 1. The number of hydrogen-bond acceptors (Lipinski definition) is 3. The van der Waals surface area contributed by atoms with E-state index >= 15 is 0 Å². The van der Waals surface area contributed by atoms with Crippen molar-refractivity contribution < 1.29 is 32.6 Å². The van der Waals surface area contributed by atoms with Crippen LogP contribution in [0.4, 0.5) is 13.2 Å². The Bertz CT molecular complexity index is 558. The second-order valence-corrected chi connectivity index (χ2v) is 5.40. The van der Waals surface area contributed by atoms with Crippen LogP contribution in [0.3, 0.4) is 0 Å². The average molecular weight is 333 g/mol. The number of halogens is 3. The van der Waals surface area contributed by atoms with Gasteiger partial charge in [0.25, 0.3) is 5.91 Å². The number of aliphatic carboxylic acids is 1. The minimum Gasteiger partial charge on any atom is -0.484 e. The third-order valence-corrected chi connectivity index (χ3v) is 2.87. The molecule has 2 N–H and O–H groups in total. The molecule has 0 aliphatic carbocycles. The van der Waals surface area contributed by atoms with E-state index in [2.05, 4.69) is 5.32 Å². The lowest BCUT2D eigenvalue weighted by molar-refractivity contribution is -0.142. The highest BCUT2D eigenvalue weighted by atomic mass is 19.4. The Labute approximate surface area is 131 Å². The van der Waals surface area contributed by atoms with Crippen molar-refractivity contribution in [1.82, 2.24) is 5.32 Å². The van der Waals surface area contributed by atoms with Gasteiger partial charge in [0.15, 0.2) is 6.61 Å². The molecule has 0 bridgehead atoms. The Kier molecular flexibility index (Phi) is 6.41. The lowest BCUT2D eigenvalue weighted by Gasteiger charge is -2.16. The Balaban J connectivity index is 2.60. The van der Waals surface area contributed by atoms with E-state index in [0.717, 1.165) is 18.2 Å². The van der Waals surface area contributed by atoms with Gasteiger partial charge >= 0.3 is 12.1 Å². The summed E-state index contributed by atoms with van der Waals surface area (Å²) in [5, 5.41) is 11.3. The lowest BCUT2D eigenvalue weighted by atomic mass is 10.0. The summed E-state index contributed by atoms with van der Waals surface area (Å²) in [5.74, 6) is -1.95. The molecule has 1 unspecified atom stereocenters. The summed E-state index contributed by atoms with van der Waals surface area (Å²) in [6.45, 7) is 3.05. The maximum atomic E-state index is 12.5. The van der Waals surface area contributed by atoms with Gasteiger partial charge in [-0.2, -0.15) is 13.2 Å². The van der Waals surface area contributed by atoms with E-state index in [1.807, 2.05) is 0 Å². The van der Waals surface area contributed by atoms with Crippen LogP contribution in [0.15, 0.2) is 24.3 Å². The number of rotatable bonds is 7. The zero-order valence-corrected chi connectivity index (χ0v) is 12.7. The highest BCUT2D eigenvalue weighted by Crippen LogP contribution is 2.31. The molecular weight excluding hydrogens is 315 g/mol. The minimum absolute atomic E-state index is 0.0563. The van der Waals surface area contributed by atoms with Crippen molar-refractivity contribution in [1.29, 1.82) is 0 Å². The van der Waals surface area contributed by atoms with Crippen molar-refractivity contribution in [2.24, 2.45) is 5.92 Å². The van der Waals surface area contributed by atoms with Crippen molar-refractivity contribution in [3.8, 4) is 5.75 Å². The van der Waals surface area contributed by atoms with E-state index in [4.69, 9.17) is 9.84 Å². The third-order valence-electron chi connectivity index (χ3n) is 2.87. The summed E-state index contributed by atoms with van der Waals surface area (Å²) in [5.41, 5.74) is -0.890. The molecular formula is C15H18F3NO4. The molecule has 1 atom stereocenters.